The minimum atomic E-state index is -1.65. The molecule has 0 fully saturated rings. The molecule has 0 saturated heterocycles. The fraction of sp³-hybridized carbons (Fsp3) is 0.222. The van der Waals surface area contributed by atoms with Gasteiger partial charge in [-0.1, -0.05) is 13.3 Å². The van der Waals surface area contributed by atoms with E-state index >= 15 is 0 Å². The summed E-state index contributed by atoms with van der Waals surface area (Å²) < 4.78 is 6.62. The number of aryl methyl sites for hydroxylation is 2. The second-order valence-corrected chi connectivity index (χ2v) is 5.88. The molecule has 2 heterocycles. The number of pyridine rings is 1. The van der Waals surface area contributed by atoms with E-state index in [1.165, 1.54) is 17.7 Å². The molecule has 0 amide bonds. The van der Waals surface area contributed by atoms with Gasteiger partial charge < -0.3 is 28.8 Å². The number of aromatic carboxylic acids is 2. The number of hydrogen-bond acceptors (Lipinski definition) is 7. The monoisotopic (exact) mass is 401 g/mol. The first-order valence-electron chi connectivity index (χ1n) is 7.82. The van der Waals surface area contributed by atoms with E-state index in [1.54, 1.807) is 0 Å². The summed E-state index contributed by atoms with van der Waals surface area (Å²) in [6, 6.07) is 3.01. The number of carbonyl (C=O) groups excluding carboxylic acids is 2. The predicted molar refractivity (Wildman–Crippen MR) is 87.9 cm³/mol. The summed E-state index contributed by atoms with van der Waals surface area (Å²) >= 11 is 0. The third-order valence-corrected chi connectivity index (χ3v) is 4.23. The fourth-order valence-electron chi connectivity index (χ4n) is 3.12. The van der Waals surface area contributed by atoms with E-state index in [2.05, 4.69) is 0 Å². The summed E-state index contributed by atoms with van der Waals surface area (Å²) in [4.78, 5) is 47.1. The smallest absolute Gasteiger partial charge is 0.543 e. The first-order chi connectivity index (χ1) is 12.3. The maximum absolute atomic E-state index is 12.4. The van der Waals surface area contributed by atoms with Crippen LogP contribution in [0.4, 0.5) is 0 Å². The number of fused-ring (bicyclic) bond motifs is 2. The number of nitrogens with zero attached hydrogens (tertiary/aromatic N) is 1. The number of rotatable bonds is 4. The third kappa shape index (κ3) is 4.12. The van der Waals surface area contributed by atoms with E-state index in [-0.39, 0.29) is 86.7 Å². The zero-order valence-electron chi connectivity index (χ0n) is 16.0. The molecular weight excluding hydrogens is 388 g/mol. The van der Waals surface area contributed by atoms with Gasteiger partial charge in [0.1, 0.15) is 11.6 Å². The molecule has 134 valence electrons. The van der Waals surface area contributed by atoms with Gasteiger partial charge in [-0.2, -0.15) is 0 Å². The van der Waals surface area contributed by atoms with Crippen LogP contribution in [-0.4, -0.2) is 16.5 Å². The summed E-state index contributed by atoms with van der Waals surface area (Å²) in [5, 5.41) is 22.6. The van der Waals surface area contributed by atoms with Crippen LogP contribution in [0.25, 0.3) is 21.9 Å². The number of carbonyl (C=O) groups is 2. The quantitative estimate of drug-likeness (QED) is 0.314. The Morgan fingerprint density at radius 2 is 1.61 bits per heavy atom. The summed E-state index contributed by atoms with van der Waals surface area (Å²) in [6.07, 6.45) is 0.911. The van der Waals surface area contributed by atoms with Crippen molar-refractivity contribution in [3.8, 4) is 0 Å². The van der Waals surface area contributed by atoms with Gasteiger partial charge in [0.05, 0.1) is 22.6 Å². The van der Waals surface area contributed by atoms with E-state index in [1.807, 2.05) is 6.92 Å². The second kappa shape index (κ2) is 9.39. The van der Waals surface area contributed by atoms with Crippen LogP contribution in [0.15, 0.2) is 32.2 Å². The molecule has 0 unspecified atom stereocenters. The Labute approximate surface area is 202 Å². The molecule has 0 aliphatic carbocycles. The van der Waals surface area contributed by atoms with E-state index in [4.69, 9.17) is 4.42 Å². The minimum absolute atomic E-state index is 0. The third-order valence-electron chi connectivity index (χ3n) is 4.23. The van der Waals surface area contributed by atoms with Crippen LogP contribution < -0.4 is 80.2 Å². The average Bonchev–Trinajstić information content (AvgIpc) is 2.57. The van der Waals surface area contributed by atoms with Crippen molar-refractivity contribution in [2.45, 2.75) is 19.8 Å². The standard InChI is InChI=1S/C18H15NO7.2Na/c1-3-4-8-15-9(12(20)6-11(17(22)23)19(15)2)5-10-13(21)7-14(18(24)25)26-16(8)10;;/h5-7H,3-4H2,1-2H3,(H,22,23)(H,24,25);;/q;2*+1/p-2. The fourth-order valence-corrected chi connectivity index (χ4v) is 3.12. The topological polar surface area (TPSA) is 132 Å². The van der Waals surface area contributed by atoms with E-state index in [0.29, 0.717) is 18.4 Å². The molecule has 3 rings (SSSR count). The Morgan fingerprint density at radius 1 is 1.00 bits per heavy atom. The molecule has 0 bridgehead atoms. The van der Waals surface area contributed by atoms with Crippen molar-refractivity contribution >= 4 is 33.8 Å². The molecular formula is C18H13NNa2O7. The zero-order chi connectivity index (χ0) is 19.2. The molecule has 0 saturated carbocycles. The van der Waals surface area contributed by atoms with E-state index < -0.39 is 28.6 Å². The van der Waals surface area contributed by atoms with Gasteiger partial charge in [-0.15, -0.1) is 0 Å². The Balaban J connectivity index is 0.00000196. The molecule has 0 N–H and O–H groups in total. The molecule has 1 aromatic carbocycles. The van der Waals surface area contributed by atoms with Gasteiger partial charge in [-0.3, -0.25) is 9.59 Å². The summed E-state index contributed by atoms with van der Waals surface area (Å²) in [5.74, 6) is -3.82. The minimum Gasteiger partial charge on any atom is -0.543 e. The Hall–Kier alpha value is -1.42. The zero-order valence-corrected chi connectivity index (χ0v) is 20.0. The van der Waals surface area contributed by atoms with Gasteiger partial charge in [-0.05, 0) is 12.5 Å². The largest absolute Gasteiger partial charge is 1.00 e. The van der Waals surface area contributed by atoms with Crippen LogP contribution in [0.1, 0.15) is 40.0 Å². The Morgan fingerprint density at radius 3 is 2.14 bits per heavy atom. The molecule has 28 heavy (non-hydrogen) atoms. The summed E-state index contributed by atoms with van der Waals surface area (Å²) in [5.41, 5.74) is -0.919. The van der Waals surface area contributed by atoms with E-state index in [9.17, 15) is 29.4 Å². The number of hydrogen-bond donors (Lipinski definition) is 0. The second-order valence-electron chi connectivity index (χ2n) is 5.88. The van der Waals surface area contributed by atoms with E-state index in [0.717, 1.165) is 12.1 Å². The number of benzene rings is 1. The molecule has 3 aromatic rings. The molecule has 0 atom stereocenters. The van der Waals surface area contributed by atoms with Crippen molar-refractivity contribution in [2.24, 2.45) is 7.05 Å². The molecule has 0 radical (unpaired) electrons. The van der Waals surface area contributed by atoms with Crippen LogP contribution in [0.5, 0.6) is 0 Å². The van der Waals surface area contributed by atoms with Crippen molar-refractivity contribution in [1.29, 1.82) is 0 Å². The van der Waals surface area contributed by atoms with Crippen LogP contribution in [0, 0.1) is 0 Å². The van der Waals surface area contributed by atoms with Crippen molar-refractivity contribution in [3.63, 3.8) is 0 Å². The van der Waals surface area contributed by atoms with Gasteiger partial charge in [0.2, 0.25) is 0 Å². The molecule has 8 nitrogen and oxygen atoms in total. The molecule has 0 spiro atoms. The van der Waals surface area contributed by atoms with Gasteiger partial charge in [0.25, 0.3) is 0 Å². The van der Waals surface area contributed by atoms with Crippen LogP contribution >= 0.6 is 0 Å². The summed E-state index contributed by atoms with van der Waals surface area (Å²) in [7, 11) is 1.44. The summed E-state index contributed by atoms with van der Waals surface area (Å²) in [6.45, 7) is 1.84. The first-order valence-corrected chi connectivity index (χ1v) is 7.82. The van der Waals surface area contributed by atoms with Crippen LogP contribution in [0.3, 0.4) is 0 Å². The SMILES string of the molecule is CCCc1c2oc(C(=O)[O-])cc(=O)c2cc2c(=O)cc(C(=O)[O-])n(C)c12.[Na+].[Na+]. The maximum Gasteiger partial charge on any atom is 1.00 e. The Bertz CT molecular complexity index is 1210. The van der Waals surface area contributed by atoms with Gasteiger partial charge in [0, 0.05) is 30.1 Å². The maximum atomic E-state index is 12.4. The predicted octanol–water partition coefficient (Wildman–Crippen LogP) is -6.67. The normalized spacial score (nSPS) is 10.4. The van der Waals surface area contributed by atoms with Gasteiger partial charge in [0.15, 0.2) is 16.6 Å². The number of aromatic nitrogens is 1. The van der Waals surface area contributed by atoms with Crippen LogP contribution in [0.2, 0.25) is 0 Å². The molecule has 10 heteroatoms. The number of carboxylic acid groups (broad SMARTS) is 2. The first kappa shape index (κ1) is 24.6. The van der Waals surface area contributed by atoms with Crippen molar-refractivity contribution in [2.75, 3.05) is 0 Å². The molecule has 0 aliphatic rings. The van der Waals surface area contributed by atoms with Crippen molar-refractivity contribution in [1.82, 2.24) is 4.57 Å². The van der Waals surface area contributed by atoms with Gasteiger partial charge in [-0.25, -0.2) is 0 Å². The molecule has 2 aromatic heterocycles. The van der Waals surface area contributed by atoms with Crippen molar-refractivity contribution in [3.05, 3.63) is 55.7 Å². The van der Waals surface area contributed by atoms with Crippen LogP contribution in [-0.2, 0) is 13.5 Å². The average molecular weight is 401 g/mol. The molecule has 0 aliphatic heterocycles. The number of carboxylic acids is 2. The van der Waals surface area contributed by atoms with Crippen molar-refractivity contribution < 1.29 is 83.3 Å². The van der Waals surface area contributed by atoms with Gasteiger partial charge >= 0.3 is 59.1 Å². The Kier molecular flexibility index (Phi) is 8.25.